The van der Waals surface area contributed by atoms with Gasteiger partial charge in [-0.05, 0) is 6.42 Å². The summed E-state index contributed by atoms with van der Waals surface area (Å²) in [6, 6.07) is 0. The number of carbonyl (C=O) groups is 4. The van der Waals surface area contributed by atoms with Crippen molar-refractivity contribution >= 4 is 34.9 Å². The van der Waals surface area contributed by atoms with Crippen LogP contribution in [0.5, 0.6) is 0 Å². The second-order valence-corrected chi connectivity index (χ2v) is 6.26. The van der Waals surface area contributed by atoms with Gasteiger partial charge in [0.1, 0.15) is 5.92 Å². The summed E-state index contributed by atoms with van der Waals surface area (Å²) in [6.45, 7) is 4.87. The maximum atomic E-state index is 12.5. The molecule has 1 rings (SSSR count). The quantitative estimate of drug-likeness (QED) is 0.448. The first kappa shape index (κ1) is 16.8. The maximum Gasteiger partial charge on any atom is 0.335 e. The van der Waals surface area contributed by atoms with E-state index in [4.69, 9.17) is 11.6 Å². The number of hydrogen-bond donors (Lipinski definition) is 0. The van der Waals surface area contributed by atoms with E-state index in [2.05, 4.69) is 4.74 Å². The zero-order valence-electron chi connectivity index (χ0n) is 12.1. The topological polar surface area (TPSA) is 77.5 Å². The molecular formula is C14H19ClO5. The highest BCUT2D eigenvalue weighted by atomic mass is 35.5. The molecule has 1 saturated carbocycles. The molecule has 0 aromatic rings. The lowest BCUT2D eigenvalue weighted by Gasteiger charge is -2.43. The van der Waals surface area contributed by atoms with Gasteiger partial charge >= 0.3 is 5.97 Å². The van der Waals surface area contributed by atoms with E-state index in [0.29, 0.717) is 6.42 Å². The van der Waals surface area contributed by atoms with Crippen molar-refractivity contribution in [3.05, 3.63) is 0 Å². The molecule has 0 aromatic carbocycles. The van der Waals surface area contributed by atoms with Crippen molar-refractivity contribution in [1.29, 1.82) is 0 Å². The van der Waals surface area contributed by atoms with E-state index in [1.165, 1.54) is 0 Å². The van der Waals surface area contributed by atoms with Gasteiger partial charge in [0.15, 0.2) is 17.3 Å². The third-order valence-corrected chi connectivity index (χ3v) is 4.61. The zero-order valence-corrected chi connectivity index (χ0v) is 12.9. The van der Waals surface area contributed by atoms with Crippen LogP contribution in [0.1, 0.15) is 40.0 Å². The SMILES string of the molecule is CCCC(=O)C1C(=O)CC(C)(C)C(Cl)(C(=O)OC)C1=O. The minimum absolute atomic E-state index is 0.108. The van der Waals surface area contributed by atoms with Crippen LogP contribution in [0, 0.1) is 11.3 Å². The first-order valence-corrected chi connectivity index (χ1v) is 6.88. The number of ketones is 3. The van der Waals surface area contributed by atoms with Gasteiger partial charge in [-0.3, -0.25) is 14.4 Å². The van der Waals surface area contributed by atoms with E-state index in [9.17, 15) is 19.2 Å². The molecule has 0 saturated heterocycles. The standard InChI is InChI=1S/C14H19ClO5/c1-5-6-8(16)10-9(17)7-13(2,3)14(15,11(10)18)12(19)20-4/h10H,5-7H2,1-4H3. The number of hydrogen-bond acceptors (Lipinski definition) is 5. The van der Waals surface area contributed by atoms with Crippen molar-refractivity contribution in [2.24, 2.45) is 11.3 Å². The van der Waals surface area contributed by atoms with E-state index in [1.54, 1.807) is 20.8 Å². The number of ether oxygens (including phenoxy) is 1. The highest BCUT2D eigenvalue weighted by Crippen LogP contribution is 2.47. The molecular weight excluding hydrogens is 284 g/mol. The van der Waals surface area contributed by atoms with Gasteiger partial charge in [0.05, 0.1) is 7.11 Å². The third kappa shape index (κ3) is 2.39. The summed E-state index contributed by atoms with van der Waals surface area (Å²) in [6.07, 6.45) is 0.515. The number of Topliss-reactive ketones (excluding diaryl/α,β-unsaturated/α-hetero) is 3. The fourth-order valence-corrected chi connectivity index (χ4v) is 2.83. The molecule has 112 valence electrons. The summed E-state index contributed by atoms with van der Waals surface area (Å²) in [5.41, 5.74) is -1.10. The molecule has 0 N–H and O–H groups in total. The average molecular weight is 303 g/mol. The fourth-order valence-electron chi connectivity index (χ4n) is 2.57. The lowest BCUT2D eigenvalue weighted by atomic mass is 9.62. The molecule has 0 heterocycles. The summed E-state index contributed by atoms with van der Waals surface area (Å²) in [5, 5.41) is 0. The van der Waals surface area contributed by atoms with Crippen LogP contribution in [0.25, 0.3) is 0 Å². The Balaban J connectivity index is 3.30. The molecule has 0 spiro atoms. The summed E-state index contributed by atoms with van der Waals surface area (Å²) >= 11 is 6.24. The van der Waals surface area contributed by atoms with Gasteiger partial charge in [-0.25, -0.2) is 4.79 Å². The van der Waals surface area contributed by atoms with Crippen LogP contribution in [0.15, 0.2) is 0 Å². The molecule has 0 aromatic heterocycles. The molecule has 0 bridgehead atoms. The highest BCUT2D eigenvalue weighted by Gasteiger charge is 2.64. The molecule has 5 nitrogen and oxygen atoms in total. The smallest absolute Gasteiger partial charge is 0.335 e. The van der Waals surface area contributed by atoms with Crippen molar-refractivity contribution in [3.8, 4) is 0 Å². The molecule has 20 heavy (non-hydrogen) atoms. The molecule has 1 aliphatic rings. The minimum Gasteiger partial charge on any atom is -0.467 e. The Morgan fingerprint density at radius 3 is 2.35 bits per heavy atom. The molecule has 1 fully saturated rings. The summed E-state index contributed by atoms with van der Waals surface area (Å²) in [4.78, 5) is 46.5. The van der Waals surface area contributed by atoms with Crippen LogP contribution >= 0.6 is 11.6 Å². The van der Waals surface area contributed by atoms with E-state index in [1.807, 2.05) is 0 Å². The lowest BCUT2D eigenvalue weighted by molar-refractivity contribution is -0.158. The Kier molecular flexibility index (Phi) is 4.74. The normalized spacial score (nSPS) is 29.1. The van der Waals surface area contributed by atoms with Gasteiger partial charge in [0.2, 0.25) is 4.87 Å². The van der Waals surface area contributed by atoms with Crippen LogP contribution in [-0.4, -0.2) is 35.3 Å². The van der Waals surface area contributed by atoms with Crippen LogP contribution in [0.4, 0.5) is 0 Å². The van der Waals surface area contributed by atoms with E-state index >= 15 is 0 Å². The van der Waals surface area contributed by atoms with Crippen molar-refractivity contribution in [2.75, 3.05) is 7.11 Å². The predicted octanol–water partition coefficient (Wildman–Crippen LogP) is 1.69. The Bertz CT molecular complexity index is 468. The van der Waals surface area contributed by atoms with Crippen molar-refractivity contribution in [2.45, 2.75) is 44.9 Å². The summed E-state index contributed by atoms with van der Waals surface area (Å²) < 4.78 is 4.61. The van der Waals surface area contributed by atoms with Gasteiger partial charge in [0, 0.05) is 18.3 Å². The summed E-state index contributed by atoms with van der Waals surface area (Å²) in [5.74, 6) is -4.17. The van der Waals surface area contributed by atoms with Crippen LogP contribution in [-0.2, 0) is 23.9 Å². The Morgan fingerprint density at radius 1 is 1.35 bits per heavy atom. The van der Waals surface area contributed by atoms with Crippen molar-refractivity contribution < 1.29 is 23.9 Å². The van der Waals surface area contributed by atoms with E-state index in [-0.39, 0.29) is 12.8 Å². The number of halogens is 1. The second-order valence-electron chi connectivity index (χ2n) is 5.69. The first-order valence-electron chi connectivity index (χ1n) is 6.50. The molecule has 2 unspecified atom stereocenters. The number of methoxy groups -OCH3 is 1. The maximum absolute atomic E-state index is 12.5. The van der Waals surface area contributed by atoms with E-state index in [0.717, 1.165) is 7.11 Å². The fraction of sp³-hybridized carbons (Fsp3) is 0.714. The third-order valence-electron chi connectivity index (χ3n) is 3.76. The van der Waals surface area contributed by atoms with Gasteiger partial charge < -0.3 is 4.74 Å². The first-order chi connectivity index (χ1) is 9.13. The van der Waals surface area contributed by atoms with Gasteiger partial charge in [-0.15, -0.1) is 0 Å². The second kappa shape index (κ2) is 5.64. The molecule has 1 aliphatic carbocycles. The van der Waals surface area contributed by atoms with Gasteiger partial charge in [-0.1, -0.05) is 32.4 Å². The number of esters is 1. The van der Waals surface area contributed by atoms with E-state index < -0.39 is 39.5 Å². The van der Waals surface area contributed by atoms with Gasteiger partial charge in [-0.2, -0.15) is 0 Å². The van der Waals surface area contributed by atoms with Crippen LogP contribution in [0.3, 0.4) is 0 Å². The molecule has 2 atom stereocenters. The Hall–Kier alpha value is -1.23. The zero-order chi connectivity index (χ0) is 15.7. The summed E-state index contributed by atoms with van der Waals surface area (Å²) in [7, 11) is 1.12. The monoisotopic (exact) mass is 302 g/mol. The van der Waals surface area contributed by atoms with Crippen LogP contribution in [0.2, 0.25) is 0 Å². The van der Waals surface area contributed by atoms with Crippen molar-refractivity contribution in [3.63, 3.8) is 0 Å². The molecule has 0 amide bonds. The van der Waals surface area contributed by atoms with Gasteiger partial charge in [0.25, 0.3) is 0 Å². The molecule has 0 aliphatic heterocycles. The average Bonchev–Trinajstić information content (AvgIpc) is 2.34. The Labute approximate surface area is 123 Å². The molecule has 6 heteroatoms. The number of rotatable bonds is 4. The predicted molar refractivity (Wildman–Crippen MR) is 72.4 cm³/mol. The number of carbonyl (C=O) groups excluding carboxylic acids is 4. The van der Waals surface area contributed by atoms with Crippen LogP contribution < -0.4 is 0 Å². The number of alkyl halides is 1. The Morgan fingerprint density at radius 2 is 1.90 bits per heavy atom. The van der Waals surface area contributed by atoms with Crippen molar-refractivity contribution in [1.82, 2.24) is 0 Å². The lowest BCUT2D eigenvalue weighted by Crippen LogP contribution is -2.62. The highest BCUT2D eigenvalue weighted by molar-refractivity contribution is 6.50. The molecule has 0 radical (unpaired) electrons. The minimum atomic E-state index is -2.00. The largest absolute Gasteiger partial charge is 0.467 e.